The molecular formula is C24H18N2O5. The molecule has 3 aromatic carbocycles. The van der Waals surface area contributed by atoms with Gasteiger partial charge in [0.1, 0.15) is 5.76 Å². The third-order valence-corrected chi connectivity index (χ3v) is 5.20. The standard InChI is InChI=1S/C24H18N2O5/c27-22(18-11-13-19(14-12-18)26(30)31)20-21(17-9-5-2-6-10-17)25(24(29)23(20)28)15-16-7-3-1-4-8-16/h1-14,21,27H,15H2/b22-20-. The van der Waals surface area contributed by atoms with Crippen molar-refractivity contribution in [1.82, 2.24) is 4.90 Å². The summed E-state index contributed by atoms with van der Waals surface area (Å²) >= 11 is 0. The number of hydrogen-bond donors (Lipinski definition) is 1. The van der Waals surface area contributed by atoms with Crippen LogP contribution in [0.4, 0.5) is 5.69 Å². The minimum absolute atomic E-state index is 0.0408. The number of carbonyl (C=O) groups excluding carboxylic acids is 2. The Morgan fingerprint density at radius 1 is 0.903 bits per heavy atom. The molecule has 7 nitrogen and oxygen atoms in total. The molecule has 0 aliphatic carbocycles. The Balaban J connectivity index is 1.83. The lowest BCUT2D eigenvalue weighted by atomic mass is 9.95. The number of amides is 1. The number of non-ortho nitro benzene ring substituents is 1. The van der Waals surface area contributed by atoms with Crippen LogP contribution in [-0.4, -0.2) is 26.6 Å². The van der Waals surface area contributed by atoms with Gasteiger partial charge in [-0.1, -0.05) is 60.7 Å². The van der Waals surface area contributed by atoms with Gasteiger partial charge in [0.15, 0.2) is 0 Å². The summed E-state index contributed by atoms with van der Waals surface area (Å²) < 4.78 is 0. The van der Waals surface area contributed by atoms with Gasteiger partial charge in [-0.05, 0) is 23.3 Å². The number of carbonyl (C=O) groups is 2. The molecule has 1 N–H and O–H groups in total. The highest BCUT2D eigenvalue weighted by atomic mass is 16.6. The predicted octanol–water partition coefficient (Wildman–Crippen LogP) is 4.22. The van der Waals surface area contributed by atoms with Gasteiger partial charge in [-0.25, -0.2) is 0 Å². The third-order valence-electron chi connectivity index (χ3n) is 5.20. The fourth-order valence-electron chi connectivity index (χ4n) is 3.70. The van der Waals surface area contributed by atoms with E-state index in [9.17, 15) is 24.8 Å². The maximum absolute atomic E-state index is 13.0. The SMILES string of the molecule is O=C1C(=O)N(Cc2ccccc2)C(c2ccccc2)/C1=C(/O)c1ccc([N+](=O)[O-])cc1. The molecule has 7 heteroatoms. The summed E-state index contributed by atoms with van der Waals surface area (Å²) in [5.41, 5.74) is 1.58. The van der Waals surface area contributed by atoms with E-state index in [2.05, 4.69) is 0 Å². The highest BCUT2D eigenvalue weighted by Crippen LogP contribution is 2.40. The van der Waals surface area contributed by atoms with E-state index in [1.807, 2.05) is 36.4 Å². The number of hydrogen-bond acceptors (Lipinski definition) is 5. The lowest BCUT2D eigenvalue weighted by Crippen LogP contribution is -2.29. The van der Waals surface area contributed by atoms with Crippen molar-refractivity contribution in [1.29, 1.82) is 0 Å². The normalized spacial score (nSPS) is 17.7. The van der Waals surface area contributed by atoms with Crippen LogP contribution in [0.5, 0.6) is 0 Å². The second kappa shape index (κ2) is 8.23. The summed E-state index contributed by atoms with van der Waals surface area (Å²) in [6, 6.07) is 22.7. The molecule has 0 aromatic heterocycles. The molecule has 1 fully saturated rings. The first-order chi connectivity index (χ1) is 15.0. The van der Waals surface area contributed by atoms with Gasteiger partial charge in [-0.15, -0.1) is 0 Å². The van der Waals surface area contributed by atoms with E-state index in [4.69, 9.17) is 0 Å². The van der Waals surface area contributed by atoms with Crippen LogP contribution < -0.4 is 0 Å². The van der Waals surface area contributed by atoms with E-state index >= 15 is 0 Å². The summed E-state index contributed by atoms with van der Waals surface area (Å²) in [4.78, 5) is 37.7. The molecular weight excluding hydrogens is 396 g/mol. The van der Waals surface area contributed by atoms with Crippen molar-refractivity contribution in [3.05, 3.63) is 117 Å². The minimum Gasteiger partial charge on any atom is -0.507 e. The van der Waals surface area contributed by atoms with Gasteiger partial charge < -0.3 is 10.0 Å². The average Bonchev–Trinajstić information content (AvgIpc) is 3.05. The van der Waals surface area contributed by atoms with Crippen LogP contribution in [0.15, 0.2) is 90.5 Å². The number of ketones is 1. The molecule has 1 amide bonds. The smallest absolute Gasteiger partial charge is 0.295 e. The molecule has 154 valence electrons. The molecule has 1 unspecified atom stereocenters. The van der Waals surface area contributed by atoms with Crippen molar-refractivity contribution in [2.75, 3.05) is 0 Å². The predicted molar refractivity (Wildman–Crippen MR) is 114 cm³/mol. The topological polar surface area (TPSA) is 101 Å². The molecule has 1 aliphatic heterocycles. The summed E-state index contributed by atoms with van der Waals surface area (Å²) in [5, 5.41) is 21.9. The Labute approximate surface area is 178 Å². The van der Waals surface area contributed by atoms with Crippen LogP contribution >= 0.6 is 0 Å². The number of nitro benzene ring substituents is 1. The van der Waals surface area contributed by atoms with Gasteiger partial charge in [0, 0.05) is 24.2 Å². The fourth-order valence-corrected chi connectivity index (χ4v) is 3.70. The van der Waals surface area contributed by atoms with Gasteiger partial charge in [0.2, 0.25) is 0 Å². The Kier molecular flexibility index (Phi) is 5.32. The second-order valence-corrected chi connectivity index (χ2v) is 7.13. The maximum atomic E-state index is 13.0. The summed E-state index contributed by atoms with van der Waals surface area (Å²) in [6.45, 7) is 0.196. The number of likely N-dealkylation sites (tertiary alicyclic amines) is 1. The van der Waals surface area contributed by atoms with Crippen molar-refractivity contribution < 1.29 is 19.6 Å². The van der Waals surface area contributed by atoms with Gasteiger partial charge in [0.05, 0.1) is 16.5 Å². The van der Waals surface area contributed by atoms with Gasteiger partial charge >= 0.3 is 0 Å². The quantitative estimate of drug-likeness (QED) is 0.222. The molecule has 0 radical (unpaired) electrons. The molecule has 3 aromatic rings. The summed E-state index contributed by atoms with van der Waals surface area (Å²) in [6.07, 6.45) is 0. The van der Waals surface area contributed by atoms with E-state index in [0.29, 0.717) is 5.56 Å². The highest BCUT2D eigenvalue weighted by molar-refractivity contribution is 6.46. The Morgan fingerprint density at radius 3 is 2.06 bits per heavy atom. The Bertz CT molecular complexity index is 1170. The number of rotatable bonds is 5. The summed E-state index contributed by atoms with van der Waals surface area (Å²) in [5.74, 6) is -1.86. The lowest BCUT2D eigenvalue weighted by molar-refractivity contribution is -0.384. The van der Waals surface area contributed by atoms with Crippen LogP contribution in [0.2, 0.25) is 0 Å². The number of Topliss-reactive ketones (excluding diaryl/α,β-unsaturated/α-hetero) is 1. The van der Waals surface area contributed by atoms with Crippen LogP contribution in [-0.2, 0) is 16.1 Å². The zero-order valence-corrected chi connectivity index (χ0v) is 16.3. The number of aliphatic hydroxyl groups excluding tert-OH is 1. The van der Waals surface area contributed by atoms with E-state index in [1.165, 1.54) is 29.2 Å². The van der Waals surface area contributed by atoms with Crippen molar-refractivity contribution >= 4 is 23.1 Å². The molecule has 1 heterocycles. The van der Waals surface area contributed by atoms with Crippen molar-refractivity contribution in [2.24, 2.45) is 0 Å². The van der Waals surface area contributed by atoms with Gasteiger partial charge in [0.25, 0.3) is 17.4 Å². The van der Waals surface area contributed by atoms with E-state index in [0.717, 1.165) is 5.56 Å². The fraction of sp³-hybridized carbons (Fsp3) is 0.0833. The first-order valence-electron chi connectivity index (χ1n) is 9.59. The zero-order valence-electron chi connectivity index (χ0n) is 16.3. The maximum Gasteiger partial charge on any atom is 0.295 e. The first kappa shape index (κ1) is 20.0. The molecule has 1 aliphatic rings. The van der Waals surface area contributed by atoms with E-state index < -0.39 is 22.7 Å². The molecule has 4 rings (SSSR count). The zero-order chi connectivity index (χ0) is 22.0. The molecule has 0 bridgehead atoms. The molecule has 1 saturated heterocycles. The van der Waals surface area contributed by atoms with Gasteiger partial charge in [-0.3, -0.25) is 19.7 Å². The average molecular weight is 414 g/mol. The van der Waals surface area contributed by atoms with Crippen LogP contribution in [0.25, 0.3) is 5.76 Å². The van der Waals surface area contributed by atoms with Crippen LogP contribution in [0.1, 0.15) is 22.7 Å². The Morgan fingerprint density at radius 2 is 1.48 bits per heavy atom. The van der Waals surface area contributed by atoms with Crippen LogP contribution in [0, 0.1) is 10.1 Å². The number of aliphatic hydroxyl groups is 1. The molecule has 1 atom stereocenters. The van der Waals surface area contributed by atoms with E-state index in [-0.39, 0.29) is 29.1 Å². The van der Waals surface area contributed by atoms with Crippen LogP contribution in [0.3, 0.4) is 0 Å². The van der Waals surface area contributed by atoms with Gasteiger partial charge in [-0.2, -0.15) is 0 Å². The second-order valence-electron chi connectivity index (χ2n) is 7.13. The molecule has 0 spiro atoms. The van der Waals surface area contributed by atoms with Crippen molar-refractivity contribution in [3.8, 4) is 0 Å². The highest BCUT2D eigenvalue weighted by Gasteiger charge is 2.46. The lowest BCUT2D eigenvalue weighted by Gasteiger charge is -2.25. The van der Waals surface area contributed by atoms with E-state index in [1.54, 1.807) is 24.3 Å². The van der Waals surface area contributed by atoms with Crippen molar-refractivity contribution in [2.45, 2.75) is 12.6 Å². The molecule has 0 saturated carbocycles. The Hall–Kier alpha value is -4.26. The third kappa shape index (κ3) is 3.81. The van der Waals surface area contributed by atoms with Crippen molar-refractivity contribution in [3.63, 3.8) is 0 Å². The first-order valence-corrected chi connectivity index (χ1v) is 9.59. The number of benzene rings is 3. The minimum atomic E-state index is -0.791. The number of nitrogens with zero attached hydrogens (tertiary/aromatic N) is 2. The number of nitro groups is 1. The summed E-state index contributed by atoms with van der Waals surface area (Å²) in [7, 11) is 0. The largest absolute Gasteiger partial charge is 0.507 e. The monoisotopic (exact) mass is 414 g/mol. The molecule has 31 heavy (non-hydrogen) atoms.